The summed E-state index contributed by atoms with van der Waals surface area (Å²) in [7, 11) is 0. The van der Waals surface area contributed by atoms with Crippen molar-refractivity contribution in [3.63, 3.8) is 0 Å². The van der Waals surface area contributed by atoms with Crippen molar-refractivity contribution < 1.29 is 0 Å². The van der Waals surface area contributed by atoms with Crippen LogP contribution in [0, 0.1) is 0 Å². The second kappa shape index (κ2) is 4.83. The Balaban J connectivity index is 2.29. The van der Waals surface area contributed by atoms with Gasteiger partial charge in [-0.2, -0.15) is 0 Å². The molecule has 0 amide bonds. The summed E-state index contributed by atoms with van der Waals surface area (Å²) in [5, 5.41) is 0.766. The van der Waals surface area contributed by atoms with E-state index in [1.165, 1.54) is 4.57 Å². The van der Waals surface area contributed by atoms with E-state index in [9.17, 15) is 4.79 Å². The van der Waals surface area contributed by atoms with Crippen molar-refractivity contribution >= 4 is 39.9 Å². The standard InChI is InChI=1S/C15H8Cl2N4O/c16-9-3-4-10-12(8-9)21(11-2-1-5-18-13(11)17)15(22)14-19-6-7-20(10)14/h1-8H. The van der Waals surface area contributed by atoms with E-state index >= 15 is 0 Å². The third-order valence-corrected chi connectivity index (χ3v) is 3.98. The van der Waals surface area contributed by atoms with Crippen LogP contribution in [-0.4, -0.2) is 18.9 Å². The summed E-state index contributed by atoms with van der Waals surface area (Å²) in [6.45, 7) is 0. The van der Waals surface area contributed by atoms with E-state index in [0.717, 1.165) is 5.52 Å². The highest BCUT2D eigenvalue weighted by atomic mass is 35.5. The van der Waals surface area contributed by atoms with Gasteiger partial charge < -0.3 is 0 Å². The first kappa shape index (κ1) is 13.3. The zero-order valence-electron chi connectivity index (χ0n) is 11.1. The molecule has 0 N–H and O–H groups in total. The quantitative estimate of drug-likeness (QED) is 0.503. The van der Waals surface area contributed by atoms with Crippen molar-refractivity contribution in [3.8, 4) is 5.69 Å². The van der Waals surface area contributed by atoms with Gasteiger partial charge in [0.25, 0.3) is 5.56 Å². The van der Waals surface area contributed by atoms with Crippen LogP contribution >= 0.6 is 23.2 Å². The highest BCUT2D eigenvalue weighted by molar-refractivity contribution is 6.31. The van der Waals surface area contributed by atoms with Crippen molar-refractivity contribution in [1.29, 1.82) is 0 Å². The third kappa shape index (κ3) is 1.83. The van der Waals surface area contributed by atoms with Crippen molar-refractivity contribution in [3.05, 3.63) is 69.5 Å². The number of benzene rings is 1. The molecule has 4 rings (SSSR count). The Morgan fingerprint density at radius 1 is 1.00 bits per heavy atom. The maximum Gasteiger partial charge on any atom is 0.299 e. The van der Waals surface area contributed by atoms with E-state index in [1.54, 1.807) is 47.3 Å². The molecule has 1 aromatic carbocycles. The van der Waals surface area contributed by atoms with Gasteiger partial charge in [0.2, 0.25) is 5.65 Å². The molecular formula is C15H8Cl2N4O. The molecule has 0 radical (unpaired) electrons. The Labute approximate surface area is 134 Å². The van der Waals surface area contributed by atoms with Gasteiger partial charge in [-0.1, -0.05) is 23.2 Å². The predicted octanol–water partition coefficient (Wildman–Crippen LogP) is 3.34. The summed E-state index contributed by atoms with van der Waals surface area (Å²) in [4.78, 5) is 21.0. The zero-order valence-corrected chi connectivity index (χ0v) is 12.6. The number of aromatic nitrogens is 4. The fourth-order valence-electron chi connectivity index (χ4n) is 2.53. The number of hydrogen-bond acceptors (Lipinski definition) is 3. The molecule has 108 valence electrons. The average Bonchev–Trinajstić information content (AvgIpc) is 2.99. The fraction of sp³-hybridized carbons (Fsp3) is 0. The molecule has 0 aliphatic rings. The van der Waals surface area contributed by atoms with Gasteiger partial charge in [0.15, 0.2) is 5.15 Å². The Kier molecular flexibility index (Phi) is 2.92. The molecule has 0 atom stereocenters. The molecule has 4 aromatic rings. The maximum atomic E-state index is 12.8. The van der Waals surface area contributed by atoms with Crippen LogP contribution in [0.5, 0.6) is 0 Å². The van der Waals surface area contributed by atoms with Crippen LogP contribution in [0.2, 0.25) is 10.2 Å². The third-order valence-electron chi connectivity index (χ3n) is 3.45. The number of fused-ring (bicyclic) bond motifs is 3. The van der Waals surface area contributed by atoms with Crippen LogP contribution in [0.3, 0.4) is 0 Å². The molecular weight excluding hydrogens is 323 g/mol. The number of hydrogen-bond donors (Lipinski definition) is 0. The first-order valence-corrected chi connectivity index (χ1v) is 7.20. The van der Waals surface area contributed by atoms with E-state index in [2.05, 4.69) is 9.97 Å². The van der Waals surface area contributed by atoms with E-state index in [0.29, 0.717) is 21.9 Å². The van der Waals surface area contributed by atoms with Gasteiger partial charge in [-0.3, -0.25) is 13.8 Å². The van der Waals surface area contributed by atoms with Gasteiger partial charge in [-0.05, 0) is 30.3 Å². The molecule has 3 heterocycles. The second-order valence-electron chi connectivity index (χ2n) is 4.71. The minimum atomic E-state index is -0.283. The lowest BCUT2D eigenvalue weighted by atomic mass is 10.2. The first-order chi connectivity index (χ1) is 10.7. The van der Waals surface area contributed by atoms with Crippen LogP contribution in [0.4, 0.5) is 0 Å². The molecule has 0 saturated carbocycles. The Morgan fingerprint density at radius 3 is 2.68 bits per heavy atom. The van der Waals surface area contributed by atoms with Gasteiger partial charge in [0.05, 0.1) is 16.7 Å². The molecule has 0 aliphatic heterocycles. The Morgan fingerprint density at radius 2 is 1.86 bits per heavy atom. The second-order valence-corrected chi connectivity index (χ2v) is 5.50. The normalized spacial score (nSPS) is 11.4. The van der Waals surface area contributed by atoms with Gasteiger partial charge in [-0.15, -0.1) is 0 Å². The van der Waals surface area contributed by atoms with E-state index in [-0.39, 0.29) is 10.7 Å². The van der Waals surface area contributed by atoms with Crippen molar-refractivity contribution in [2.75, 3.05) is 0 Å². The number of pyridine rings is 1. The summed E-state index contributed by atoms with van der Waals surface area (Å²) in [5.74, 6) is 0. The fourth-order valence-corrected chi connectivity index (χ4v) is 2.90. The highest BCUT2D eigenvalue weighted by Gasteiger charge is 2.15. The highest BCUT2D eigenvalue weighted by Crippen LogP contribution is 2.24. The summed E-state index contributed by atoms with van der Waals surface area (Å²) in [6, 6.07) is 8.78. The van der Waals surface area contributed by atoms with Gasteiger partial charge in [0, 0.05) is 23.6 Å². The molecule has 0 saturated heterocycles. The maximum absolute atomic E-state index is 12.8. The number of rotatable bonds is 1. The lowest BCUT2D eigenvalue weighted by Gasteiger charge is -2.13. The van der Waals surface area contributed by atoms with Crippen molar-refractivity contribution in [1.82, 2.24) is 18.9 Å². The molecule has 0 fully saturated rings. The molecule has 3 aromatic heterocycles. The minimum absolute atomic E-state index is 0.238. The van der Waals surface area contributed by atoms with Gasteiger partial charge in [0.1, 0.15) is 0 Å². The lowest BCUT2D eigenvalue weighted by Crippen LogP contribution is -2.22. The zero-order chi connectivity index (χ0) is 15.3. The Bertz CT molecular complexity index is 1080. The number of imidazole rings is 1. The van der Waals surface area contributed by atoms with Crippen LogP contribution in [-0.2, 0) is 0 Å². The van der Waals surface area contributed by atoms with Crippen molar-refractivity contribution in [2.24, 2.45) is 0 Å². The molecule has 0 unspecified atom stereocenters. The predicted molar refractivity (Wildman–Crippen MR) is 86.1 cm³/mol. The molecule has 0 aliphatic carbocycles. The number of nitrogens with zero attached hydrogens (tertiary/aromatic N) is 4. The Hall–Kier alpha value is -2.37. The summed E-state index contributed by atoms with van der Waals surface area (Å²) < 4.78 is 3.22. The van der Waals surface area contributed by atoms with E-state index in [4.69, 9.17) is 23.2 Å². The molecule has 5 nitrogen and oxygen atoms in total. The summed E-state index contributed by atoms with van der Waals surface area (Å²) in [5.41, 5.74) is 1.96. The monoisotopic (exact) mass is 330 g/mol. The SMILES string of the molecule is O=c1c2nccn2c2ccc(Cl)cc2n1-c1cccnc1Cl. The largest absolute Gasteiger partial charge is 0.299 e. The molecule has 22 heavy (non-hydrogen) atoms. The molecule has 7 heteroatoms. The van der Waals surface area contributed by atoms with Gasteiger partial charge in [-0.25, -0.2) is 9.97 Å². The average molecular weight is 331 g/mol. The lowest BCUT2D eigenvalue weighted by molar-refractivity contribution is 1.00. The van der Waals surface area contributed by atoms with Crippen LogP contribution in [0.15, 0.2) is 53.7 Å². The summed E-state index contributed by atoms with van der Waals surface area (Å²) in [6.07, 6.45) is 4.89. The van der Waals surface area contributed by atoms with Crippen LogP contribution in [0.25, 0.3) is 22.4 Å². The number of halogens is 2. The minimum Gasteiger partial charge on any atom is -0.294 e. The first-order valence-electron chi connectivity index (χ1n) is 6.45. The van der Waals surface area contributed by atoms with Crippen molar-refractivity contribution in [2.45, 2.75) is 0 Å². The van der Waals surface area contributed by atoms with E-state index < -0.39 is 0 Å². The van der Waals surface area contributed by atoms with Crippen LogP contribution in [0.1, 0.15) is 0 Å². The van der Waals surface area contributed by atoms with Gasteiger partial charge >= 0.3 is 0 Å². The molecule has 0 bridgehead atoms. The topological polar surface area (TPSA) is 52.2 Å². The molecule has 0 spiro atoms. The smallest absolute Gasteiger partial charge is 0.294 e. The van der Waals surface area contributed by atoms with Crippen LogP contribution < -0.4 is 5.56 Å². The van der Waals surface area contributed by atoms with E-state index in [1.807, 2.05) is 6.07 Å². The summed E-state index contributed by atoms with van der Waals surface area (Å²) >= 11 is 12.3.